The Labute approximate surface area is 78.4 Å². The predicted octanol–water partition coefficient (Wildman–Crippen LogP) is 1.39. The Morgan fingerprint density at radius 3 is 2.54 bits per heavy atom. The molecule has 70 valence electrons. The van der Waals surface area contributed by atoms with Crippen LogP contribution in [0.2, 0.25) is 0 Å². The van der Waals surface area contributed by atoms with Gasteiger partial charge >= 0.3 is 0 Å². The minimum absolute atomic E-state index is 0.158. The second-order valence-electron chi connectivity index (χ2n) is 3.90. The summed E-state index contributed by atoms with van der Waals surface area (Å²) in [5.74, 6) is 0. The van der Waals surface area contributed by atoms with Gasteiger partial charge in [0.05, 0.1) is 5.60 Å². The lowest BCUT2D eigenvalue weighted by Gasteiger charge is -2.22. The van der Waals surface area contributed by atoms with Crippen LogP contribution in [0.15, 0.2) is 30.3 Å². The van der Waals surface area contributed by atoms with Crippen molar-refractivity contribution in [1.82, 2.24) is 0 Å². The third-order valence-electron chi connectivity index (χ3n) is 2.84. The number of benzene rings is 1. The van der Waals surface area contributed by atoms with Crippen molar-refractivity contribution in [2.75, 3.05) is 0 Å². The van der Waals surface area contributed by atoms with E-state index in [0.717, 1.165) is 18.4 Å². The highest BCUT2D eigenvalue weighted by Crippen LogP contribution is 2.37. The lowest BCUT2D eigenvalue weighted by molar-refractivity contribution is 0.0431. The Kier molecular flexibility index (Phi) is 2.10. The lowest BCUT2D eigenvalue weighted by atomic mass is 9.92. The molecule has 3 N–H and O–H groups in total. The summed E-state index contributed by atoms with van der Waals surface area (Å²) in [5, 5.41) is 10.3. The number of aliphatic hydroxyl groups is 1. The highest BCUT2D eigenvalue weighted by Gasteiger charge is 2.36. The van der Waals surface area contributed by atoms with Gasteiger partial charge in [-0.25, -0.2) is 0 Å². The summed E-state index contributed by atoms with van der Waals surface area (Å²) in [4.78, 5) is 0. The molecular formula is C11H15NO. The fraction of sp³-hybridized carbons (Fsp3) is 0.455. The topological polar surface area (TPSA) is 46.2 Å². The molecule has 13 heavy (non-hydrogen) atoms. The van der Waals surface area contributed by atoms with Crippen molar-refractivity contribution < 1.29 is 5.11 Å². The third-order valence-corrected chi connectivity index (χ3v) is 2.84. The Hall–Kier alpha value is -0.860. The molecule has 0 bridgehead atoms. The van der Waals surface area contributed by atoms with Crippen molar-refractivity contribution in [2.24, 2.45) is 5.73 Å². The summed E-state index contributed by atoms with van der Waals surface area (Å²) in [6.45, 7) is 0. The molecule has 1 aromatic rings. The second-order valence-corrected chi connectivity index (χ2v) is 3.90. The zero-order valence-corrected chi connectivity index (χ0v) is 7.61. The van der Waals surface area contributed by atoms with Gasteiger partial charge in [0.15, 0.2) is 0 Å². The van der Waals surface area contributed by atoms with Gasteiger partial charge < -0.3 is 10.8 Å². The monoisotopic (exact) mass is 177 g/mol. The normalized spacial score (nSPS) is 33.5. The van der Waals surface area contributed by atoms with Crippen LogP contribution in [0, 0.1) is 0 Å². The molecule has 0 spiro atoms. The Morgan fingerprint density at radius 1 is 1.31 bits per heavy atom. The van der Waals surface area contributed by atoms with Crippen LogP contribution in [0.3, 0.4) is 0 Å². The van der Waals surface area contributed by atoms with Gasteiger partial charge in [0.25, 0.3) is 0 Å². The predicted molar refractivity (Wildman–Crippen MR) is 52.2 cm³/mol. The van der Waals surface area contributed by atoms with E-state index in [2.05, 4.69) is 0 Å². The van der Waals surface area contributed by atoms with Gasteiger partial charge in [0.2, 0.25) is 0 Å². The maximum atomic E-state index is 10.3. The molecule has 1 saturated carbocycles. The van der Waals surface area contributed by atoms with Crippen molar-refractivity contribution in [3.05, 3.63) is 35.9 Å². The van der Waals surface area contributed by atoms with Gasteiger partial charge in [0, 0.05) is 6.04 Å². The number of hydrogen-bond acceptors (Lipinski definition) is 2. The smallest absolute Gasteiger partial charge is 0.0911 e. The molecule has 2 nitrogen and oxygen atoms in total. The summed E-state index contributed by atoms with van der Waals surface area (Å²) in [6.07, 6.45) is 2.40. The van der Waals surface area contributed by atoms with E-state index >= 15 is 0 Å². The van der Waals surface area contributed by atoms with E-state index in [4.69, 9.17) is 5.73 Å². The second kappa shape index (κ2) is 3.13. The standard InChI is InChI=1S/C11H15NO/c12-10-6-7-11(13,8-10)9-4-2-1-3-5-9/h1-5,10,13H,6-8,12H2/t10-,11-/m0/s1. The number of hydrogen-bond donors (Lipinski definition) is 2. The van der Waals surface area contributed by atoms with E-state index in [0.29, 0.717) is 6.42 Å². The van der Waals surface area contributed by atoms with E-state index in [1.807, 2.05) is 30.3 Å². The van der Waals surface area contributed by atoms with Crippen LogP contribution < -0.4 is 5.73 Å². The maximum Gasteiger partial charge on any atom is 0.0911 e. The molecule has 0 amide bonds. The summed E-state index contributed by atoms with van der Waals surface area (Å²) < 4.78 is 0. The van der Waals surface area contributed by atoms with Crippen molar-refractivity contribution in [1.29, 1.82) is 0 Å². The molecule has 0 heterocycles. The van der Waals surface area contributed by atoms with Crippen LogP contribution in [0.5, 0.6) is 0 Å². The van der Waals surface area contributed by atoms with Crippen molar-refractivity contribution in [3.63, 3.8) is 0 Å². The Bertz CT molecular complexity index is 285. The summed E-state index contributed by atoms with van der Waals surface area (Å²) in [5.41, 5.74) is 6.12. The number of rotatable bonds is 1. The first kappa shape index (κ1) is 8.73. The third kappa shape index (κ3) is 1.60. The fourth-order valence-corrected chi connectivity index (χ4v) is 2.07. The van der Waals surface area contributed by atoms with Crippen LogP contribution in [0.25, 0.3) is 0 Å². The molecule has 0 aromatic heterocycles. The van der Waals surface area contributed by atoms with Crippen molar-refractivity contribution >= 4 is 0 Å². The minimum Gasteiger partial charge on any atom is -0.385 e. The molecule has 0 unspecified atom stereocenters. The SMILES string of the molecule is N[C@H]1CC[C@@](O)(c2ccccc2)C1. The molecule has 1 aliphatic carbocycles. The van der Waals surface area contributed by atoms with Gasteiger partial charge in [-0.1, -0.05) is 30.3 Å². The van der Waals surface area contributed by atoms with Crippen molar-refractivity contribution in [2.45, 2.75) is 30.9 Å². The zero-order valence-electron chi connectivity index (χ0n) is 7.61. The van der Waals surface area contributed by atoms with E-state index in [9.17, 15) is 5.11 Å². The zero-order chi connectivity index (χ0) is 9.31. The van der Waals surface area contributed by atoms with Crippen LogP contribution in [0.4, 0.5) is 0 Å². The van der Waals surface area contributed by atoms with E-state index in [1.165, 1.54) is 0 Å². The van der Waals surface area contributed by atoms with E-state index in [1.54, 1.807) is 0 Å². The summed E-state index contributed by atoms with van der Waals surface area (Å²) in [7, 11) is 0. The average Bonchev–Trinajstić information content (AvgIpc) is 2.49. The number of nitrogens with two attached hydrogens (primary N) is 1. The molecule has 2 heteroatoms. The summed E-state index contributed by atoms with van der Waals surface area (Å²) >= 11 is 0. The maximum absolute atomic E-state index is 10.3. The van der Waals surface area contributed by atoms with Gasteiger partial charge in [-0.3, -0.25) is 0 Å². The Balaban J connectivity index is 2.26. The molecule has 1 fully saturated rings. The largest absolute Gasteiger partial charge is 0.385 e. The van der Waals surface area contributed by atoms with Crippen LogP contribution in [0.1, 0.15) is 24.8 Å². The van der Waals surface area contributed by atoms with Gasteiger partial charge in [-0.05, 0) is 24.8 Å². The average molecular weight is 177 g/mol. The van der Waals surface area contributed by atoms with Crippen LogP contribution >= 0.6 is 0 Å². The molecular weight excluding hydrogens is 162 g/mol. The van der Waals surface area contributed by atoms with Crippen LogP contribution in [-0.2, 0) is 5.60 Å². The van der Waals surface area contributed by atoms with E-state index in [-0.39, 0.29) is 6.04 Å². The molecule has 2 atom stereocenters. The van der Waals surface area contributed by atoms with Gasteiger partial charge in [-0.15, -0.1) is 0 Å². The summed E-state index contributed by atoms with van der Waals surface area (Å²) in [6, 6.07) is 9.97. The molecule has 1 aromatic carbocycles. The first-order valence-corrected chi connectivity index (χ1v) is 4.74. The fourth-order valence-electron chi connectivity index (χ4n) is 2.07. The lowest BCUT2D eigenvalue weighted by Crippen LogP contribution is -2.25. The first-order valence-electron chi connectivity index (χ1n) is 4.74. The molecule has 0 saturated heterocycles. The highest BCUT2D eigenvalue weighted by atomic mass is 16.3. The molecule has 0 radical (unpaired) electrons. The van der Waals surface area contributed by atoms with E-state index < -0.39 is 5.60 Å². The molecule has 2 rings (SSSR count). The highest BCUT2D eigenvalue weighted by molar-refractivity contribution is 5.23. The van der Waals surface area contributed by atoms with Gasteiger partial charge in [-0.2, -0.15) is 0 Å². The minimum atomic E-state index is -0.666. The first-order chi connectivity index (χ1) is 6.21. The van der Waals surface area contributed by atoms with Crippen LogP contribution in [-0.4, -0.2) is 11.1 Å². The van der Waals surface area contributed by atoms with Gasteiger partial charge in [0.1, 0.15) is 0 Å². The van der Waals surface area contributed by atoms with Crippen molar-refractivity contribution in [3.8, 4) is 0 Å². The molecule has 0 aliphatic heterocycles. The quantitative estimate of drug-likeness (QED) is 0.681. The molecule has 1 aliphatic rings. The Morgan fingerprint density at radius 2 is 2.00 bits per heavy atom.